The summed E-state index contributed by atoms with van der Waals surface area (Å²) in [5.41, 5.74) is 1.36. The lowest BCUT2D eigenvalue weighted by molar-refractivity contribution is 0.0772. The normalized spacial score (nSPS) is 30.5. The number of halogens is 1. The number of benzene rings is 1. The second-order valence-corrected chi connectivity index (χ2v) is 7.12. The summed E-state index contributed by atoms with van der Waals surface area (Å²) >= 11 is 6.17. The van der Waals surface area contributed by atoms with E-state index in [0.29, 0.717) is 6.04 Å². The molecule has 2 fully saturated rings. The second-order valence-electron chi connectivity index (χ2n) is 6.69. The molecule has 1 N–H and O–H groups in total. The first-order chi connectivity index (χ1) is 10.2. The Morgan fingerprint density at radius 3 is 2.62 bits per heavy atom. The summed E-state index contributed by atoms with van der Waals surface area (Å²) in [6.07, 6.45) is 6.57. The van der Waals surface area contributed by atoms with E-state index < -0.39 is 0 Å². The van der Waals surface area contributed by atoms with Crippen LogP contribution in [0.1, 0.15) is 57.6 Å². The highest BCUT2D eigenvalue weighted by atomic mass is 35.5. The minimum atomic E-state index is 0.480. The van der Waals surface area contributed by atoms with Gasteiger partial charge in [0, 0.05) is 29.2 Å². The van der Waals surface area contributed by atoms with Gasteiger partial charge in [-0.15, -0.1) is 0 Å². The fourth-order valence-corrected chi connectivity index (χ4v) is 4.50. The smallest absolute Gasteiger partial charge is 0.0409 e. The molecular formula is C18H27ClN2. The second kappa shape index (κ2) is 6.68. The zero-order chi connectivity index (χ0) is 14.8. The molecule has 2 saturated heterocycles. The number of fused-ring (bicyclic) bond motifs is 2. The van der Waals surface area contributed by atoms with E-state index in [1.54, 1.807) is 0 Å². The van der Waals surface area contributed by atoms with Crippen LogP contribution in [0.15, 0.2) is 24.3 Å². The number of piperidine rings is 1. The third kappa shape index (κ3) is 3.28. The van der Waals surface area contributed by atoms with Crippen molar-refractivity contribution in [3.8, 4) is 0 Å². The SMILES string of the molecule is CCCNC1CC2CCC(C1)N2C(C)c1cccc(Cl)c1. The quantitative estimate of drug-likeness (QED) is 0.867. The van der Waals surface area contributed by atoms with Crippen molar-refractivity contribution >= 4 is 11.6 Å². The highest BCUT2D eigenvalue weighted by Gasteiger charge is 2.42. The number of rotatable bonds is 5. The van der Waals surface area contributed by atoms with E-state index >= 15 is 0 Å². The van der Waals surface area contributed by atoms with Crippen molar-refractivity contribution in [1.29, 1.82) is 0 Å². The molecule has 0 radical (unpaired) electrons. The van der Waals surface area contributed by atoms with E-state index in [1.165, 1.54) is 37.7 Å². The van der Waals surface area contributed by atoms with Gasteiger partial charge in [-0.1, -0.05) is 30.7 Å². The van der Waals surface area contributed by atoms with Crippen molar-refractivity contribution in [2.24, 2.45) is 0 Å². The average molecular weight is 307 g/mol. The van der Waals surface area contributed by atoms with Gasteiger partial charge >= 0.3 is 0 Å². The van der Waals surface area contributed by atoms with E-state index in [1.807, 2.05) is 6.07 Å². The van der Waals surface area contributed by atoms with Gasteiger partial charge in [-0.3, -0.25) is 4.90 Å². The molecular weight excluding hydrogens is 280 g/mol. The molecule has 0 saturated carbocycles. The summed E-state index contributed by atoms with van der Waals surface area (Å²) in [6.45, 7) is 5.75. The number of hydrogen-bond acceptors (Lipinski definition) is 2. The molecule has 2 bridgehead atoms. The van der Waals surface area contributed by atoms with Gasteiger partial charge in [0.25, 0.3) is 0 Å². The van der Waals surface area contributed by atoms with Crippen LogP contribution in [0.3, 0.4) is 0 Å². The molecule has 2 aliphatic rings. The lowest BCUT2D eigenvalue weighted by Gasteiger charge is -2.43. The maximum Gasteiger partial charge on any atom is 0.0409 e. The highest BCUT2D eigenvalue weighted by Crippen LogP contribution is 2.41. The van der Waals surface area contributed by atoms with Gasteiger partial charge in [0.2, 0.25) is 0 Å². The standard InChI is InChI=1S/C18H27ClN2/c1-3-9-20-16-11-17-7-8-18(12-16)21(17)13(2)14-5-4-6-15(19)10-14/h4-6,10,13,16-18,20H,3,7-9,11-12H2,1-2H3. The largest absolute Gasteiger partial charge is 0.314 e. The third-order valence-corrected chi connectivity index (χ3v) is 5.49. The molecule has 0 spiro atoms. The van der Waals surface area contributed by atoms with Crippen molar-refractivity contribution in [2.45, 2.75) is 70.1 Å². The number of nitrogens with zero attached hydrogens (tertiary/aromatic N) is 1. The lowest BCUT2D eigenvalue weighted by Crippen LogP contribution is -2.49. The highest BCUT2D eigenvalue weighted by molar-refractivity contribution is 6.30. The van der Waals surface area contributed by atoms with Crippen molar-refractivity contribution in [3.05, 3.63) is 34.9 Å². The molecule has 2 nitrogen and oxygen atoms in total. The van der Waals surface area contributed by atoms with Crippen LogP contribution < -0.4 is 5.32 Å². The maximum absolute atomic E-state index is 6.17. The van der Waals surface area contributed by atoms with Gasteiger partial charge in [-0.2, -0.15) is 0 Å². The summed E-state index contributed by atoms with van der Waals surface area (Å²) in [6, 6.07) is 11.1. The van der Waals surface area contributed by atoms with E-state index in [0.717, 1.165) is 29.7 Å². The van der Waals surface area contributed by atoms with Crippen LogP contribution >= 0.6 is 11.6 Å². The molecule has 116 valence electrons. The van der Waals surface area contributed by atoms with E-state index in [4.69, 9.17) is 11.6 Å². The molecule has 3 heteroatoms. The Morgan fingerprint density at radius 2 is 2.00 bits per heavy atom. The minimum Gasteiger partial charge on any atom is -0.314 e. The fraction of sp³-hybridized carbons (Fsp3) is 0.667. The van der Waals surface area contributed by atoms with Crippen molar-refractivity contribution in [1.82, 2.24) is 10.2 Å². The van der Waals surface area contributed by atoms with E-state index in [2.05, 4.69) is 42.3 Å². The summed E-state index contributed by atoms with van der Waals surface area (Å²) in [5, 5.41) is 4.59. The van der Waals surface area contributed by atoms with Crippen LogP contribution in [0.2, 0.25) is 5.02 Å². The maximum atomic E-state index is 6.17. The summed E-state index contributed by atoms with van der Waals surface area (Å²) < 4.78 is 0. The summed E-state index contributed by atoms with van der Waals surface area (Å²) in [7, 11) is 0. The zero-order valence-corrected chi connectivity index (χ0v) is 13.9. The van der Waals surface area contributed by atoms with Gasteiger partial charge in [0.05, 0.1) is 0 Å². The Bertz CT molecular complexity index is 462. The molecule has 2 aliphatic heterocycles. The molecule has 3 atom stereocenters. The van der Waals surface area contributed by atoms with Crippen LogP contribution in [0.25, 0.3) is 0 Å². The number of hydrogen-bond donors (Lipinski definition) is 1. The summed E-state index contributed by atoms with van der Waals surface area (Å²) in [5.74, 6) is 0. The van der Waals surface area contributed by atoms with Crippen LogP contribution in [0.4, 0.5) is 0 Å². The van der Waals surface area contributed by atoms with Crippen molar-refractivity contribution < 1.29 is 0 Å². The third-order valence-electron chi connectivity index (χ3n) is 5.25. The first-order valence-corrected chi connectivity index (χ1v) is 8.83. The lowest BCUT2D eigenvalue weighted by atomic mass is 9.93. The first-order valence-electron chi connectivity index (χ1n) is 8.45. The Morgan fingerprint density at radius 1 is 1.29 bits per heavy atom. The predicted molar refractivity (Wildman–Crippen MR) is 89.8 cm³/mol. The van der Waals surface area contributed by atoms with E-state index in [-0.39, 0.29) is 0 Å². The Hall–Kier alpha value is -0.570. The molecule has 1 aromatic carbocycles. The monoisotopic (exact) mass is 306 g/mol. The zero-order valence-electron chi connectivity index (χ0n) is 13.2. The first kappa shape index (κ1) is 15.3. The van der Waals surface area contributed by atoms with Crippen molar-refractivity contribution in [2.75, 3.05) is 6.54 Å². The molecule has 3 unspecified atom stereocenters. The van der Waals surface area contributed by atoms with Gasteiger partial charge in [0.15, 0.2) is 0 Å². The van der Waals surface area contributed by atoms with Gasteiger partial charge in [-0.05, 0) is 63.3 Å². The van der Waals surface area contributed by atoms with Crippen molar-refractivity contribution in [3.63, 3.8) is 0 Å². The van der Waals surface area contributed by atoms with E-state index in [9.17, 15) is 0 Å². The summed E-state index contributed by atoms with van der Waals surface area (Å²) in [4.78, 5) is 2.76. The van der Waals surface area contributed by atoms with Crippen LogP contribution in [-0.2, 0) is 0 Å². The predicted octanol–water partition coefficient (Wildman–Crippen LogP) is 4.40. The van der Waals surface area contributed by atoms with Gasteiger partial charge in [0.1, 0.15) is 0 Å². The molecule has 0 amide bonds. The number of nitrogens with one attached hydrogen (secondary N) is 1. The molecule has 3 rings (SSSR count). The molecule has 1 aromatic rings. The van der Waals surface area contributed by atoms with Gasteiger partial charge in [-0.25, -0.2) is 0 Å². The minimum absolute atomic E-state index is 0.480. The van der Waals surface area contributed by atoms with Crippen LogP contribution in [0.5, 0.6) is 0 Å². The fourth-order valence-electron chi connectivity index (χ4n) is 4.30. The van der Waals surface area contributed by atoms with Crippen LogP contribution in [-0.4, -0.2) is 29.6 Å². The van der Waals surface area contributed by atoms with Crippen LogP contribution in [0, 0.1) is 0 Å². The Labute approximate surface area is 133 Å². The van der Waals surface area contributed by atoms with Gasteiger partial charge < -0.3 is 5.32 Å². The Balaban J connectivity index is 1.70. The Kier molecular flexibility index (Phi) is 4.88. The molecule has 21 heavy (non-hydrogen) atoms. The molecule has 0 aromatic heterocycles. The molecule has 2 heterocycles. The molecule has 0 aliphatic carbocycles. The average Bonchev–Trinajstić information content (AvgIpc) is 2.75. The topological polar surface area (TPSA) is 15.3 Å².